The van der Waals surface area contributed by atoms with Gasteiger partial charge >= 0.3 is 18.1 Å². The topological polar surface area (TPSA) is 55.4 Å². The number of rotatable bonds is 4. The Labute approximate surface area is 97.5 Å². The second kappa shape index (κ2) is 5.88. The molecule has 0 aliphatic rings. The molecule has 0 saturated heterocycles. The Bertz CT molecular complexity index is 287. The third kappa shape index (κ3) is 5.55. The fourth-order valence-corrected chi connectivity index (χ4v) is 1.03. The van der Waals surface area contributed by atoms with Gasteiger partial charge in [-0.2, -0.15) is 13.2 Å². The molecule has 1 atom stereocenters. The molecule has 0 aromatic carbocycles. The van der Waals surface area contributed by atoms with E-state index in [4.69, 9.17) is 4.74 Å². The molecule has 17 heavy (non-hydrogen) atoms. The molecule has 0 heterocycles. The summed E-state index contributed by atoms with van der Waals surface area (Å²) in [5.74, 6) is -3.50. The van der Waals surface area contributed by atoms with Crippen molar-refractivity contribution in [2.75, 3.05) is 0 Å². The Kier molecular flexibility index (Phi) is 5.44. The maximum absolute atomic E-state index is 12.0. The number of carbonyl (C=O) groups is 2. The lowest BCUT2D eigenvalue weighted by Crippen LogP contribution is -2.50. The van der Waals surface area contributed by atoms with Gasteiger partial charge in [-0.05, 0) is 19.8 Å². The van der Waals surface area contributed by atoms with Crippen molar-refractivity contribution < 1.29 is 27.5 Å². The molecule has 0 saturated carbocycles. The van der Waals surface area contributed by atoms with Crippen molar-refractivity contribution in [2.45, 2.75) is 46.0 Å². The number of alkyl halides is 3. The SMILES string of the molecule is CC(C)OC(=O)[C@@H](NC(=O)C(F)(F)F)C(C)C. The van der Waals surface area contributed by atoms with Crippen LogP contribution in [0.15, 0.2) is 0 Å². The summed E-state index contributed by atoms with van der Waals surface area (Å²) in [6.07, 6.45) is -5.46. The van der Waals surface area contributed by atoms with E-state index in [1.807, 2.05) is 0 Å². The molecule has 1 N–H and O–H groups in total. The van der Waals surface area contributed by atoms with Gasteiger partial charge in [-0.3, -0.25) is 4.79 Å². The van der Waals surface area contributed by atoms with E-state index < -0.39 is 36.1 Å². The minimum Gasteiger partial charge on any atom is -0.461 e. The first-order chi connectivity index (χ1) is 7.55. The van der Waals surface area contributed by atoms with Crippen LogP contribution in [0.4, 0.5) is 13.2 Å². The minimum atomic E-state index is -5.01. The van der Waals surface area contributed by atoms with Crippen LogP contribution in [0.5, 0.6) is 0 Å². The average molecular weight is 255 g/mol. The molecule has 0 aliphatic carbocycles. The standard InChI is InChI=1S/C10H16F3NO3/c1-5(2)7(8(15)17-6(3)4)14-9(16)10(11,12)13/h5-7H,1-4H3,(H,14,16)/t7-/m0/s1. The predicted molar refractivity (Wildman–Crippen MR) is 54.1 cm³/mol. The van der Waals surface area contributed by atoms with Gasteiger partial charge in [0.1, 0.15) is 6.04 Å². The Morgan fingerprint density at radius 1 is 1.12 bits per heavy atom. The summed E-state index contributed by atoms with van der Waals surface area (Å²) in [6.45, 7) is 6.17. The second-order valence-corrected chi connectivity index (χ2v) is 4.18. The Morgan fingerprint density at radius 3 is 1.88 bits per heavy atom. The van der Waals surface area contributed by atoms with Gasteiger partial charge in [0.25, 0.3) is 0 Å². The molecule has 0 radical (unpaired) electrons. The van der Waals surface area contributed by atoms with Gasteiger partial charge in [-0.15, -0.1) is 0 Å². The van der Waals surface area contributed by atoms with E-state index >= 15 is 0 Å². The van der Waals surface area contributed by atoms with Crippen LogP contribution in [-0.2, 0) is 14.3 Å². The predicted octanol–water partition coefficient (Wildman–Crippen LogP) is 1.64. The summed E-state index contributed by atoms with van der Waals surface area (Å²) >= 11 is 0. The molecule has 1 amide bonds. The van der Waals surface area contributed by atoms with Gasteiger partial charge in [-0.1, -0.05) is 13.8 Å². The van der Waals surface area contributed by atoms with Crippen molar-refractivity contribution in [2.24, 2.45) is 5.92 Å². The van der Waals surface area contributed by atoms with Crippen LogP contribution in [-0.4, -0.2) is 30.2 Å². The number of carbonyl (C=O) groups excluding carboxylic acids is 2. The van der Waals surface area contributed by atoms with Gasteiger partial charge in [0.2, 0.25) is 0 Å². The molecule has 4 nitrogen and oxygen atoms in total. The molecule has 0 aromatic heterocycles. The lowest BCUT2D eigenvalue weighted by molar-refractivity contribution is -0.176. The third-order valence-electron chi connectivity index (χ3n) is 1.82. The molecule has 7 heteroatoms. The van der Waals surface area contributed by atoms with Crippen molar-refractivity contribution >= 4 is 11.9 Å². The number of nitrogens with one attached hydrogen (secondary N) is 1. The summed E-state index contributed by atoms with van der Waals surface area (Å²) in [5.41, 5.74) is 0. The van der Waals surface area contributed by atoms with Crippen LogP contribution >= 0.6 is 0 Å². The van der Waals surface area contributed by atoms with E-state index in [0.29, 0.717) is 0 Å². The van der Waals surface area contributed by atoms with Crippen molar-refractivity contribution in [1.82, 2.24) is 5.32 Å². The van der Waals surface area contributed by atoms with E-state index in [2.05, 4.69) is 0 Å². The number of amides is 1. The normalized spacial score (nSPS) is 13.7. The molecule has 0 aromatic rings. The summed E-state index contributed by atoms with van der Waals surface area (Å²) in [4.78, 5) is 22.2. The van der Waals surface area contributed by atoms with E-state index in [1.54, 1.807) is 19.2 Å². The lowest BCUT2D eigenvalue weighted by atomic mass is 10.0. The summed E-state index contributed by atoms with van der Waals surface area (Å²) < 4.78 is 40.9. The monoisotopic (exact) mass is 255 g/mol. The van der Waals surface area contributed by atoms with Gasteiger partial charge < -0.3 is 10.1 Å². The zero-order chi connectivity index (χ0) is 13.8. The van der Waals surface area contributed by atoms with E-state index in [0.717, 1.165) is 0 Å². The van der Waals surface area contributed by atoms with Crippen LogP contribution in [0.25, 0.3) is 0 Å². The van der Waals surface area contributed by atoms with Crippen LogP contribution in [0.2, 0.25) is 0 Å². The highest BCUT2D eigenvalue weighted by Crippen LogP contribution is 2.16. The Hall–Kier alpha value is -1.27. The van der Waals surface area contributed by atoms with Crippen molar-refractivity contribution in [3.05, 3.63) is 0 Å². The third-order valence-corrected chi connectivity index (χ3v) is 1.82. The van der Waals surface area contributed by atoms with Gasteiger partial charge in [0.05, 0.1) is 6.10 Å². The maximum Gasteiger partial charge on any atom is 0.471 e. The Balaban J connectivity index is 4.66. The molecule has 100 valence electrons. The van der Waals surface area contributed by atoms with Gasteiger partial charge in [-0.25, -0.2) is 4.79 Å². The number of hydrogen-bond donors (Lipinski definition) is 1. The fraction of sp³-hybridized carbons (Fsp3) is 0.800. The summed E-state index contributed by atoms with van der Waals surface area (Å²) in [7, 11) is 0. The molecule has 0 rings (SSSR count). The Morgan fingerprint density at radius 2 is 1.59 bits per heavy atom. The largest absolute Gasteiger partial charge is 0.471 e. The molecule has 0 spiro atoms. The van der Waals surface area contributed by atoms with Crippen molar-refractivity contribution in [3.63, 3.8) is 0 Å². The molecule has 0 fully saturated rings. The van der Waals surface area contributed by atoms with Crippen molar-refractivity contribution in [1.29, 1.82) is 0 Å². The average Bonchev–Trinajstić information content (AvgIpc) is 2.09. The highest BCUT2D eigenvalue weighted by molar-refractivity contribution is 5.87. The molecule has 0 aliphatic heterocycles. The van der Waals surface area contributed by atoms with E-state index in [9.17, 15) is 22.8 Å². The highest BCUT2D eigenvalue weighted by Gasteiger charge is 2.41. The molecule has 0 bridgehead atoms. The van der Waals surface area contributed by atoms with Gasteiger partial charge in [0, 0.05) is 0 Å². The summed E-state index contributed by atoms with van der Waals surface area (Å²) in [5, 5.41) is 1.62. The van der Waals surface area contributed by atoms with Crippen LogP contribution in [0.3, 0.4) is 0 Å². The van der Waals surface area contributed by atoms with E-state index in [-0.39, 0.29) is 0 Å². The van der Waals surface area contributed by atoms with Gasteiger partial charge in [0.15, 0.2) is 0 Å². The van der Waals surface area contributed by atoms with Crippen LogP contribution in [0, 0.1) is 5.92 Å². The zero-order valence-corrected chi connectivity index (χ0v) is 10.1. The first kappa shape index (κ1) is 15.7. The summed E-state index contributed by atoms with van der Waals surface area (Å²) in [6, 6.07) is -1.30. The van der Waals surface area contributed by atoms with Crippen LogP contribution < -0.4 is 5.32 Å². The lowest BCUT2D eigenvalue weighted by Gasteiger charge is -2.22. The number of halogens is 3. The van der Waals surface area contributed by atoms with Crippen molar-refractivity contribution in [3.8, 4) is 0 Å². The first-order valence-electron chi connectivity index (χ1n) is 5.14. The maximum atomic E-state index is 12.0. The smallest absolute Gasteiger partial charge is 0.461 e. The quantitative estimate of drug-likeness (QED) is 0.777. The first-order valence-corrected chi connectivity index (χ1v) is 5.14. The van der Waals surface area contributed by atoms with Crippen LogP contribution in [0.1, 0.15) is 27.7 Å². The molecular formula is C10H16F3NO3. The second-order valence-electron chi connectivity index (χ2n) is 4.18. The number of ether oxygens (including phenoxy) is 1. The highest BCUT2D eigenvalue weighted by atomic mass is 19.4. The zero-order valence-electron chi connectivity index (χ0n) is 10.1. The minimum absolute atomic E-state index is 0.452. The number of esters is 1. The molecular weight excluding hydrogens is 239 g/mol. The molecule has 0 unspecified atom stereocenters. The number of hydrogen-bond acceptors (Lipinski definition) is 3. The fourth-order valence-electron chi connectivity index (χ4n) is 1.03. The van der Waals surface area contributed by atoms with E-state index in [1.165, 1.54) is 13.8 Å².